The summed E-state index contributed by atoms with van der Waals surface area (Å²) in [5.74, 6) is -0.773. The van der Waals surface area contributed by atoms with Crippen LogP contribution in [0.3, 0.4) is 0 Å². The second kappa shape index (κ2) is 6.16. The van der Waals surface area contributed by atoms with Crippen LogP contribution in [0.15, 0.2) is 18.2 Å². The van der Waals surface area contributed by atoms with Gasteiger partial charge in [-0.05, 0) is 61.8 Å². The van der Waals surface area contributed by atoms with Crippen LogP contribution < -0.4 is 0 Å². The molecule has 1 heterocycles. The van der Waals surface area contributed by atoms with Crippen molar-refractivity contribution in [3.05, 3.63) is 34.9 Å². The molecule has 0 saturated carbocycles. The average molecular weight is 289 g/mol. The molecule has 21 heavy (non-hydrogen) atoms. The van der Waals surface area contributed by atoms with E-state index in [2.05, 4.69) is 12.1 Å². The monoisotopic (exact) mass is 289 g/mol. The van der Waals surface area contributed by atoms with Gasteiger partial charge in [-0.2, -0.15) is 0 Å². The fourth-order valence-corrected chi connectivity index (χ4v) is 3.61. The quantitative estimate of drug-likeness (QED) is 0.891. The molecule has 0 aromatic heterocycles. The topological polar surface area (TPSA) is 60.8 Å². The van der Waals surface area contributed by atoms with E-state index in [1.807, 2.05) is 11.0 Å². The smallest absolute Gasteiger partial charge is 0.320 e. The van der Waals surface area contributed by atoms with E-state index < -0.39 is 18.1 Å². The number of aliphatic carboxylic acids is 1. The highest BCUT2D eigenvalue weighted by molar-refractivity contribution is 5.73. The fraction of sp³-hybridized carbons (Fsp3) is 0.588. The average Bonchev–Trinajstić information content (AvgIpc) is 2.95. The molecule has 0 radical (unpaired) electrons. The van der Waals surface area contributed by atoms with Crippen LogP contribution in [-0.4, -0.2) is 40.2 Å². The van der Waals surface area contributed by atoms with Crippen LogP contribution in [0.1, 0.15) is 48.5 Å². The predicted molar refractivity (Wildman–Crippen MR) is 80.3 cm³/mol. The van der Waals surface area contributed by atoms with Gasteiger partial charge >= 0.3 is 5.97 Å². The van der Waals surface area contributed by atoms with E-state index in [0.717, 1.165) is 31.4 Å². The molecular weight excluding hydrogens is 266 g/mol. The molecule has 3 rings (SSSR count). The summed E-state index contributed by atoms with van der Waals surface area (Å²) in [5, 5.41) is 19.6. The molecule has 1 fully saturated rings. The van der Waals surface area contributed by atoms with Gasteiger partial charge < -0.3 is 10.2 Å². The van der Waals surface area contributed by atoms with Gasteiger partial charge in [-0.25, -0.2) is 0 Å². The SMILES string of the molecule is O=C(O)C1CCCN1CC(O)c1ccc2c(c1)CCCC2. The van der Waals surface area contributed by atoms with Crippen LogP contribution in [0.5, 0.6) is 0 Å². The number of likely N-dealkylation sites (tertiary alicyclic amines) is 1. The van der Waals surface area contributed by atoms with Gasteiger partial charge in [0.05, 0.1) is 6.10 Å². The highest BCUT2D eigenvalue weighted by Gasteiger charge is 2.31. The maximum Gasteiger partial charge on any atom is 0.320 e. The van der Waals surface area contributed by atoms with Crippen molar-refractivity contribution in [3.63, 3.8) is 0 Å². The maximum atomic E-state index is 11.2. The van der Waals surface area contributed by atoms with Gasteiger partial charge in [-0.15, -0.1) is 0 Å². The molecule has 1 saturated heterocycles. The lowest BCUT2D eigenvalue weighted by atomic mass is 9.89. The molecule has 4 nitrogen and oxygen atoms in total. The Bertz CT molecular complexity index is 529. The lowest BCUT2D eigenvalue weighted by Gasteiger charge is -2.25. The molecule has 1 aliphatic heterocycles. The van der Waals surface area contributed by atoms with E-state index in [1.54, 1.807) is 0 Å². The van der Waals surface area contributed by atoms with E-state index in [1.165, 1.54) is 24.0 Å². The number of aliphatic hydroxyl groups excluding tert-OH is 1. The molecule has 1 aromatic rings. The third-order valence-electron chi connectivity index (χ3n) is 4.81. The van der Waals surface area contributed by atoms with Crippen molar-refractivity contribution >= 4 is 5.97 Å². The minimum Gasteiger partial charge on any atom is -0.480 e. The van der Waals surface area contributed by atoms with Gasteiger partial charge in [-0.3, -0.25) is 9.69 Å². The number of aryl methyl sites for hydroxylation is 2. The van der Waals surface area contributed by atoms with Gasteiger partial charge in [0.2, 0.25) is 0 Å². The number of benzene rings is 1. The van der Waals surface area contributed by atoms with Gasteiger partial charge in [0, 0.05) is 6.54 Å². The second-order valence-electron chi connectivity index (χ2n) is 6.24. The Labute approximate surface area is 125 Å². The number of hydrogen-bond donors (Lipinski definition) is 2. The first-order valence-electron chi connectivity index (χ1n) is 7.92. The van der Waals surface area contributed by atoms with Crippen molar-refractivity contribution in [2.45, 2.75) is 50.7 Å². The normalized spacial score (nSPS) is 23.8. The number of β-amino-alcohol motifs (C(OH)–C–C–N with tert-alkyl or cyclic N) is 1. The van der Waals surface area contributed by atoms with Gasteiger partial charge in [0.15, 0.2) is 0 Å². The Balaban J connectivity index is 1.70. The van der Waals surface area contributed by atoms with Crippen LogP contribution in [0.4, 0.5) is 0 Å². The van der Waals surface area contributed by atoms with Gasteiger partial charge in [0.25, 0.3) is 0 Å². The van der Waals surface area contributed by atoms with Crippen molar-refractivity contribution in [2.75, 3.05) is 13.1 Å². The van der Waals surface area contributed by atoms with Crippen molar-refractivity contribution < 1.29 is 15.0 Å². The molecule has 114 valence electrons. The molecule has 2 aliphatic rings. The summed E-state index contributed by atoms with van der Waals surface area (Å²) in [6.07, 6.45) is 5.69. The molecule has 1 aromatic carbocycles. The number of rotatable bonds is 4. The molecule has 0 amide bonds. The summed E-state index contributed by atoms with van der Waals surface area (Å²) in [7, 11) is 0. The van der Waals surface area contributed by atoms with Crippen LogP contribution in [0.2, 0.25) is 0 Å². The number of aliphatic hydroxyl groups is 1. The summed E-state index contributed by atoms with van der Waals surface area (Å²) in [6.45, 7) is 1.18. The van der Waals surface area contributed by atoms with E-state index in [9.17, 15) is 15.0 Å². The van der Waals surface area contributed by atoms with Crippen LogP contribution in [0.25, 0.3) is 0 Å². The number of carbonyl (C=O) groups is 1. The number of hydrogen-bond acceptors (Lipinski definition) is 3. The minimum absolute atomic E-state index is 0.412. The van der Waals surface area contributed by atoms with Crippen molar-refractivity contribution in [3.8, 4) is 0 Å². The highest BCUT2D eigenvalue weighted by Crippen LogP contribution is 2.27. The molecule has 2 unspecified atom stereocenters. The first-order valence-corrected chi connectivity index (χ1v) is 7.92. The van der Waals surface area contributed by atoms with E-state index in [4.69, 9.17) is 0 Å². The standard InChI is InChI=1S/C17H23NO3/c19-16(11-18-9-3-6-15(18)17(20)21)14-8-7-12-4-1-2-5-13(12)10-14/h7-8,10,15-16,19H,1-6,9,11H2,(H,20,21). The zero-order valence-corrected chi connectivity index (χ0v) is 12.3. The van der Waals surface area contributed by atoms with E-state index in [0.29, 0.717) is 13.0 Å². The minimum atomic E-state index is -0.773. The van der Waals surface area contributed by atoms with E-state index >= 15 is 0 Å². The fourth-order valence-electron chi connectivity index (χ4n) is 3.61. The van der Waals surface area contributed by atoms with Crippen molar-refractivity contribution in [1.29, 1.82) is 0 Å². The third kappa shape index (κ3) is 3.11. The van der Waals surface area contributed by atoms with Gasteiger partial charge in [-0.1, -0.05) is 18.2 Å². The lowest BCUT2D eigenvalue weighted by molar-refractivity contribution is -0.142. The molecular formula is C17H23NO3. The Hall–Kier alpha value is -1.39. The summed E-state index contributed by atoms with van der Waals surface area (Å²) in [6, 6.07) is 5.81. The summed E-state index contributed by atoms with van der Waals surface area (Å²) >= 11 is 0. The molecule has 2 N–H and O–H groups in total. The maximum absolute atomic E-state index is 11.2. The predicted octanol–water partition coefficient (Wildman–Crippen LogP) is 2.15. The zero-order chi connectivity index (χ0) is 14.8. The first-order chi connectivity index (χ1) is 10.1. The molecule has 0 bridgehead atoms. The summed E-state index contributed by atoms with van der Waals surface area (Å²) < 4.78 is 0. The second-order valence-corrected chi connectivity index (χ2v) is 6.24. The molecule has 1 aliphatic carbocycles. The zero-order valence-electron chi connectivity index (χ0n) is 12.3. The van der Waals surface area contributed by atoms with Gasteiger partial charge in [0.1, 0.15) is 6.04 Å². The third-order valence-corrected chi connectivity index (χ3v) is 4.81. The highest BCUT2D eigenvalue weighted by atomic mass is 16.4. The first kappa shape index (κ1) is 14.5. The molecule has 0 spiro atoms. The largest absolute Gasteiger partial charge is 0.480 e. The number of carboxylic acids is 1. The summed E-state index contributed by atoms with van der Waals surface area (Å²) in [5.41, 5.74) is 3.68. The number of nitrogens with zero attached hydrogens (tertiary/aromatic N) is 1. The Morgan fingerprint density at radius 2 is 2.00 bits per heavy atom. The molecule has 2 atom stereocenters. The summed E-state index contributed by atoms with van der Waals surface area (Å²) in [4.78, 5) is 13.1. The molecule has 4 heteroatoms. The number of carboxylic acid groups (broad SMARTS) is 1. The van der Waals surface area contributed by atoms with Crippen molar-refractivity contribution in [2.24, 2.45) is 0 Å². The Kier molecular flexibility index (Phi) is 4.27. The Morgan fingerprint density at radius 1 is 1.24 bits per heavy atom. The van der Waals surface area contributed by atoms with Crippen molar-refractivity contribution in [1.82, 2.24) is 4.90 Å². The van der Waals surface area contributed by atoms with Crippen LogP contribution in [0, 0.1) is 0 Å². The van der Waals surface area contributed by atoms with Crippen LogP contribution in [-0.2, 0) is 17.6 Å². The number of fused-ring (bicyclic) bond motifs is 1. The lowest BCUT2D eigenvalue weighted by Crippen LogP contribution is -2.38. The van der Waals surface area contributed by atoms with E-state index in [-0.39, 0.29) is 0 Å². The Morgan fingerprint density at radius 3 is 2.76 bits per heavy atom. The van der Waals surface area contributed by atoms with Crippen LogP contribution >= 0.6 is 0 Å².